The maximum Gasteiger partial charge on any atom is 0.416 e. The van der Waals surface area contributed by atoms with Crippen molar-refractivity contribution in [2.45, 2.75) is 6.18 Å². The van der Waals surface area contributed by atoms with Crippen LogP contribution in [0.2, 0.25) is 5.02 Å². The smallest absolute Gasteiger partial charge is 0.322 e. The number of anilines is 2. The van der Waals surface area contributed by atoms with Crippen molar-refractivity contribution in [1.29, 1.82) is 0 Å². The highest BCUT2D eigenvalue weighted by Crippen LogP contribution is 2.31. The average molecular weight is 464 g/mol. The van der Waals surface area contributed by atoms with Gasteiger partial charge in [0.1, 0.15) is 0 Å². The van der Waals surface area contributed by atoms with Crippen LogP contribution in [0.1, 0.15) is 26.3 Å². The summed E-state index contributed by atoms with van der Waals surface area (Å²) in [7, 11) is 0. The monoisotopic (exact) mass is 463 g/mol. The number of nitrogens with one attached hydrogen (secondary N) is 2. The van der Waals surface area contributed by atoms with E-state index in [0.717, 1.165) is 30.3 Å². The Balaban J connectivity index is 1.77. The van der Waals surface area contributed by atoms with Crippen LogP contribution in [0.4, 0.5) is 30.2 Å². The molecule has 0 bridgehead atoms. The van der Waals surface area contributed by atoms with E-state index < -0.39 is 28.5 Å². The molecule has 3 aromatic carbocycles. The first-order chi connectivity index (χ1) is 15.0. The number of alkyl halides is 3. The third kappa shape index (κ3) is 5.41. The number of nitro benzene ring substituents is 1. The lowest BCUT2D eigenvalue weighted by Crippen LogP contribution is -2.15. The minimum atomic E-state index is -4.56. The fraction of sp³-hybridized carbons (Fsp3) is 0.0476. The quantitative estimate of drug-likeness (QED) is 0.370. The van der Waals surface area contributed by atoms with Crippen molar-refractivity contribution < 1.29 is 27.7 Å². The summed E-state index contributed by atoms with van der Waals surface area (Å²) in [5.41, 5.74) is -1.19. The van der Waals surface area contributed by atoms with Gasteiger partial charge in [-0.1, -0.05) is 23.7 Å². The second kappa shape index (κ2) is 9.06. The van der Waals surface area contributed by atoms with Gasteiger partial charge in [-0.15, -0.1) is 0 Å². The highest BCUT2D eigenvalue weighted by molar-refractivity contribution is 6.34. The maximum absolute atomic E-state index is 12.8. The van der Waals surface area contributed by atoms with Crippen LogP contribution in [0.5, 0.6) is 0 Å². The summed E-state index contributed by atoms with van der Waals surface area (Å²) >= 11 is 5.95. The van der Waals surface area contributed by atoms with Gasteiger partial charge in [-0.3, -0.25) is 19.7 Å². The number of carbonyl (C=O) groups excluding carboxylic acids is 2. The molecule has 32 heavy (non-hydrogen) atoms. The second-order valence-corrected chi connectivity index (χ2v) is 6.90. The van der Waals surface area contributed by atoms with Crippen molar-refractivity contribution in [2.24, 2.45) is 0 Å². The summed E-state index contributed by atoms with van der Waals surface area (Å²) in [6.45, 7) is 0. The van der Waals surface area contributed by atoms with E-state index in [1.165, 1.54) is 36.4 Å². The fourth-order valence-corrected chi connectivity index (χ4v) is 2.92. The number of halogens is 4. The highest BCUT2D eigenvalue weighted by atomic mass is 35.5. The minimum Gasteiger partial charge on any atom is -0.322 e. The van der Waals surface area contributed by atoms with E-state index in [4.69, 9.17) is 11.6 Å². The maximum atomic E-state index is 12.8. The van der Waals surface area contributed by atoms with Crippen LogP contribution in [0.25, 0.3) is 0 Å². The first kappa shape index (κ1) is 22.8. The van der Waals surface area contributed by atoms with Gasteiger partial charge >= 0.3 is 6.18 Å². The standard InChI is InChI=1S/C21H13ClF3N3O4/c22-18-8-7-16(28(31)32)11-17(18)20(30)27-14-5-1-3-12(9-14)19(29)26-15-6-2-4-13(10-15)21(23,24)25/h1-11H,(H,26,29)(H,27,30). The molecular formula is C21H13ClF3N3O4. The first-order valence-electron chi connectivity index (χ1n) is 8.88. The molecule has 2 N–H and O–H groups in total. The Morgan fingerprint density at radius 2 is 1.50 bits per heavy atom. The molecule has 0 unspecified atom stereocenters. The number of benzene rings is 3. The number of non-ortho nitro benzene ring substituents is 1. The molecule has 0 heterocycles. The molecule has 0 saturated carbocycles. The van der Waals surface area contributed by atoms with Gasteiger partial charge in [0.05, 0.1) is 21.1 Å². The van der Waals surface area contributed by atoms with Gasteiger partial charge < -0.3 is 10.6 Å². The fourth-order valence-electron chi connectivity index (χ4n) is 2.71. The molecule has 0 fully saturated rings. The third-order valence-electron chi connectivity index (χ3n) is 4.24. The van der Waals surface area contributed by atoms with Crippen LogP contribution in [0.3, 0.4) is 0 Å². The summed E-state index contributed by atoms with van der Waals surface area (Å²) in [5, 5.41) is 15.7. The zero-order valence-electron chi connectivity index (χ0n) is 15.9. The Kier molecular flexibility index (Phi) is 6.45. The van der Waals surface area contributed by atoms with Crippen LogP contribution in [-0.4, -0.2) is 16.7 Å². The number of amides is 2. The number of hydrogen-bond donors (Lipinski definition) is 2. The van der Waals surface area contributed by atoms with Crippen molar-refractivity contribution >= 4 is 40.5 Å². The van der Waals surface area contributed by atoms with Crippen molar-refractivity contribution in [1.82, 2.24) is 0 Å². The van der Waals surface area contributed by atoms with Crippen molar-refractivity contribution in [3.8, 4) is 0 Å². The normalized spacial score (nSPS) is 11.0. The zero-order valence-corrected chi connectivity index (χ0v) is 16.7. The molecule has 0 aliphatic rings. The zero-order chi connectivity index (χ0) is 23.5. The van der Waals surface area contributed by atoms with E-state index in [1.54, 1.807) is 0 Å². The second-order valence-electron chi connectivity index (χ2n) is 6.49. The molecule has 11 heteroatoms. The Hall–Kier alpha value is -3.92. The largest absolute Gasteiger partial charge is 0.416 e. The topological polar surface area (TPSA) is 101 Å². The van der Waals surface area contributed by atoms with E-state index in [0.29, 0.717) is 0 Å². The molecule has 2 amide bonds. The van der Waals surface area contributed by atoms with E-state index in [-0.39, 0.29) is 33.2 Å². The Labute approximate surface area is 184 Å². The summed E-state index contributed by atoms with van der Waals surface area (Å²) < 4.78 is 38.5. The summed E-state index contributed by atoms with van der Waals surface area (Å²) in [5.74, 6) is -1.44. The van der Waals surface area contributed by atoms with E-state index in [9.17, 15) is 32.9 Å². The molecule has 3 rings (SSSR count). The summed E-state index contributed by atoms with van der Waals surface area (Å²) in [6, 6.07) is 13.1. The summed E-state index contributed by atoms with van der Waals surface area (Å²) in [4.78, 5) is 35.2. The lowest BCUT2D eigenvalue weighted by atomic mass is 10.1. The Bertz CT molecular complexity index is 1210. The average Bonchev–Trinajstić information content (AvgIpc) is 2.73. The predicted molar refractivity (Wildman–Crippen MR) is 112 cm³/mol. The van der Waals surface area contributed by atoms with E-state index >= 15 is 0 Å². The SMILES string of the molecule is O=C(Nc1cccc(C(F)(F)F)c1)c1cccc(NC(=O)c2cc([N+](=O)[O-])ccc2Cl)c1. The molecular weight excluding hydrogens is 451 g/mol. The molecule has 0 aliphatic heterocycles. The minimum absolute atomic E-state index is 0.00783. The van der Waals surface area contributed by atoms with Crippen molar-refractivity contribution in [2.75, 3.05) is 10.6 Å². The van der Waals surface area contributed by atoms with Gasteiger partial charge in [0.25, 0.3) is 17.5 Å². The summed E-state index contributed by atoms with van der Waals surface area (Å²) in [6.07, 6.45) is -4.56. The van der Waals surface area contributed by atoms with Crippen LogP contribution in [0, 0.1) is 10.1 Å². The van der Waals surface area contributed by atoms with Gasteiger partial charge in [0, 0.05) is 29.1 Å². The highest BCUT2D eigenvalue weighted by Gasteiger charge is 2.30. The molecule has 0 atom stereocenters. The van der Waals surface area contributed by atoms with Crippen LogP contribution in [-0.2, 0) is 6.18 Å². The Morgan fingerprint density at radius 1 is 0.875 bits per heavy atom. The lowest BCUT2D eigenvalue weighted by Gasteiger charge is -2.11. The molecule has 3 aromatic rings. The van der Waals surface area contributed by atoms with Gasteiger partial charge in [-0.05, 0) is 42.5 Å². The number of nitro groups is 1. The molecule has 0 aliphatic carbocycles. The Morgan fingerprint density at radius 3 is 2.16 bits per heavy atom. The van der Waals surface area contributed by atoms with Gasteiger partial charge in [-0.2, -0.15) is 13.2 Å². The number of hydrogen-bond acceptors (Lipinski definition) is 4. The van der Waals surface area contributed by atoms with Gasteiger partial charge in [0.15, 0.2) is 0 Å². The number of nitrogens with zero attached hydrogens (tertiary/aromatic N) is 1. The number of carbonyl (C=O) groups is 2. The molecule has 0 aromatic heterocycles. The van der Waals surface area contributed by atoms with E-state index in [1.807, 2.05) is 0 Å². The molecule has 0 radical (unpaired) electrons. The van der Waals surface area contributed by atoms with Crippen LogP contribution < -0.4 is 10.6 Å². The predicted octanol–water partition coefficient (Wildman–Crippen LogP) is 5.77. The number of rotatable bonds is 5. The molecule has 7 nitrogen and oxygen atoms in total. The first-order valence-corrected chi connectivity index (χ1v) is 9.26. The molecule has 0 spiro atoms. The van der Waals surface area contributed by atoms with Crippen molar-refractivity contribution in [3.63, 3.8) is 0 Å². The van der Waals surface area contributed by atoms with Gasteiger partial charge in [0.2, 0.25) is 0 Å². The third-order valence-corrected chi connectivity index (χ3v) is 4.57. The van der Waals surface area contributed by atoms with Crippen molar-refractivity contribution in [3.05, 3.63) is 98.6 Å². The van der Waals surface area contributed by atoms with Crippen LogP contribution in [0.15, 0.2) is 66.7 Å². The molecule has 164 valence electrons. The lowest BCUT2D eigenvalue weighted by molar-refractivity contribution is -0.384. The molecule has 0 saturated heterocycles. The van der Waals surface area contributed by atoms with Gasteiger partial charge in [-0.25, -0.2) is 0 Å². The van der Waals surface area contributed by atoms with Crippen LogP contribution >= 0.6 is 11.6 Å². The van der Waals surface area contributed by atoms with E-state index in [2.05, 4.69) is 10.6 Å².